The first-order chi connectivity index (χ1) is 15.5. The predicted molar refractivity (Wildman–Crippen MR) is 127 cm³/mol. The fourth-order valence-corrected chi connectivity index (χ4v) is 3.56. The van der Waals surface area contributed by atoms with Crippen LogP contribution in [0.4, 0.5) is 26.7 Å². The Bertz CT molecular complexity index is 902. The minimum absolute atomic E-state index is 0.0279. The molecule has 2 aromatic rings. The number of likely N-dealkylation sites (tertiary alicyclic amines) is 1. The highest BCUT2D eigenvalue weighted by molar-refractivity contribution is 6.00. The van der Waals surface area contributed by atoms with E-state index >= 15 is 0 Å². The van der Waals surface area contributed by atoms with Crippen molar-refractivity contribution < 1.29 is 14.4 Å². The number of benzene rings is 2. The van der Waals surface area contributed by atoms with Crippen molar-refractivity contribution in [1.29, 1.82) is 0 Å². The Morgan fingerprint density at radius 1 is 0.906 bits per heavy atom. The smallest absolute Gasteiger partial charge is 0.323 e. The van der Waals surface area contributed by atoms with Crippen molar-refractivity contribution in [2.45, 2.75) is 32.6 Å². The number of piperidine rings is 1. The number of nitrogens with zero attached hydrogens (tertiary/aromatic N) is 1. The molecular formula is C24H31N5O3. The van der Waals surface area contributed by atoms with Crippen LogP contribution < -0.4 is 21.3 Å². The molecule has 5 amide bonds. The molecule has 0 radical (unpaired) electrons. The number of carbonyl (C=O) groups excluding carboxylic acids is 3. The zero-order valence-electron chi connectivity index (χ0n) is 18.4. The summed E-state index contributed by atoms with van der Waals surface area (Å²) < 4.78 is 0. The molecule has 4 N–H and O–H groups in total. The molecule has 0 unspecified atom stereocenters. The van der Waals surface area contributed by atoms with Gasteiger partial charge in [0.1, 0.15) is 0 Å². The number of rotatable bonds is 7. The minimum atomic E-state index is -0.343. The number of unbranched alkanes of at least 4 members (excludes halogenated alkanes) is 1. The lowest BCUT2D eigenvalue weighted by atomic mass is 9.97. The molecule has 2 aromatic carbocycles. The van der Waals surface area contributed by atoms with E-state index in [1.165, 1.54) is 0 Å². The number of urea groups is 2. The van der Waals surface area contributed by atoms with Gasteiger partial charge in [-0.3, -0.25) is 4.79 Å². The SMILES string of the molecule is CCCCNC(=O)[C@@H]1CCCN(C(=O)Nc2ccc(NC(=O)Nc3ccccc3)cc2)C1. The lowest BCUT2D eigenvalue weighted by molar-refractivity contribution is -0.126. The van der Waals surface area contributed by atoms with E-state index in [0.29, 0.717) is 36.7 Å². The third-order valence-corrected chi connectivity index (χ3v) is 5.33. The van der Waals surface area contributed by atoms with Crippen LogP contribution >= 0.6 is 0 Å². The summed E-state index contributed by atoms with van der Waals surface area (Å²) in [5, 5.41) is 11.3. The molecule has 170 valence electrons. The van der Waals surface area contributed by atoms with E-state index in [2.05, 4.69) is 28.2 Å². The molecule has 1 atom stereocenters. The van der Waals surface area contributed by atoms with E-state index in [0.717, 1.165) is 25.7 Å². The van der Waals surface area contributed by atoms with Crippen molar-refractivity contribution in [3.05, 3.63) is 54.6 Å². The summed E-state index contributed by atoms with van der Waals surface area (Å²) in [6.45, 7) is 3.82. The minimum Gasteiger partial charge on any atom is -0.356 e. The first kappa shape index (κ1) is 23.1. The van der Waals surface area contributed by atoms with Gasteiger partial charge in [0.2, 0.25) is 5.91 Å². The van der Waals surface area contributed by atoms with E-state index in [1.54, 1.807) is 41.3 Å². The zero-order chi connectivity index (χ0) is 22.8. The quantitative estimate of drug-likeness (QED) is 0.480. The Labute approximate surface area is 188 Å². The van der Waals surface area contributed by atoms with Gasteiger partial charge in [0.25, 0.3) is 0 Å². The van der Waals surface area contributed by atoms with Gasteiger partial charge >= 0.3 is 12.1 Å². The Morgan fingerprint density at radius 2 is 1.53 bits per heavy atom. The molecule has 1 fully saturated rings. The largest absolute Gasteiger partial charge is 0.356 e. The van der Waals surface area contributed by atoms with Gasteiger partial charge in [-0.05, 0) is 55.7 Å². The lowest BCUT2D eigenvalue weighted by Gasteiger charge is -2.32. The van der Waals surface area contributed by atoms with Crippen molar-refractivity contribution in [1.82, 2.24) is 10.2 Å². The summed E-state index contributed by atoms with van der Waals surface area (Å²) in [4.78, 5) is 38.8. The highest BCUT2D eigenvalue weighted by atomic mass is 16.2. The maximum absolute atomic E-state index is 12.7. The topological polar surface area (TPSA) is 103 Å². The molecule has 1 saturated heterocycles. The van der Waals surface area contributed by atoms with E-state index in [-0.39, 0.29) is 23.9 Å². The fraction of sp³-hybridized carbons (Fsp3) is 0.375. The Morgan fingerprint density at radius 3 is 2.19 bits per heavy atom. The highest BCUT2D eigenvalue weighted by Gasteiger charge is 2.28. The molecule has 8 nitrogen and oxygen atoms in total. The third kappa shape index (κ3) is 7.01. The maximum Gasteiger partial charge on any atom is 0.323 e. The summed E-state index contributed by atoms with van der Waals surface area (Å²) in [5.74, 6) is -0.138. The van der Waals surface area contributed by atoms with Gasteiger partial charge in [-0.1, -0.05) is 31.5 Å². The second kappa shape index (κ2) is 11.7. The third-order valence-electron chi connectivity index (χ3n) is 5.33. The van der Waals surface area contributed by atoms with Crippen LogP contribution in [0.5, 0.6) is 0 Å². The van der Waals surface area contributed by atoms with E-state index < -0.39 is 0 Å². The van der Waals surface area contributed by atoms with Crippen LogP contribution in [0.25, 0.3) is 0 Å². The highest BCUT2D eigenvalue weighted by Crippen LogP contribution is 2.19. The van der Waals surface area contributed by atoms with Crippen molar-refractivity contribution in [3.8, 4) is 0 Å². The van der Waals surface area contributed by atoms with Gasteiger partial charge in [-0.2, -0.15) is 0 Å². The Kier molecular flexibility index (Phi) is 8.48. The molecular weight excluding hydrogens is 406 g/mol. The number of hydrogen-bond acceptors (Lipinski definition) is 3. The Balaban J connectivity index is 1.47. The number of hydrogen-bond donors (Lipinski definition) is 4. The predicted octanol–water partition coefficient (Wildman–Crippen LogP) is 4.49. The molecule has 3 rings (SSSR count). The normalized spacial score (nSPS) is 15.5. The van der Waals surface area contributed by atoms with Gasteiger partial charge in [0.05, 0.1) is 5.92 Å². The molecule has 0 aliphatic carbocycles. The molecule has 0 spiro atoms. The molecule has 1 heterocycles. The standard InChI is InChI=1S/C24H31N5O3/c1-2-3-15-25-22(30)18-8-7-16-29(17-18)24(32)28-21-13-11-20(12-14-21)27-23(31)26-19-9-5-4-6-10-19/h4-6,9-14,18H,2-3,7-8,15-17H2,1H3,(H,25,30)(H,28,32)(H2,26,27,31)/t18-/m1/s1. The number of carbonyl (C=O) groups is 3. The second-order valence-corrected chi connectivity index (χ2v) is 7.88. The van der Waals surface area contributed by atoms with Crippen LogP contribution in [-0.4, -0.2) is 42.5 Å². The summed E-state index contributed by atoms with van der Waals surface area (Å²) in [5.41, 5.74) is 1.93. The first-order valence-electron chi connectivity index (χ1n) is 11.1. The second-order valence-electron chi connectivity index (χ2n) is 7.88. The molecule has 8 heteroatoms. The fourth-order valence-electron chi connectivity index (χ4n) is 3.56. The van der Waals surface area contributed by atoms with Crippen molar-refractivity contribution in [2.24, 2.45) is 5.92 Å². The summed E-state index contributed by atoms with van der Waals surface area (Å²) in [6, 6.07) is 15.5. The van der Waals surface area contributed by atoms with E-state index in [9.17, 15) is 14.4 Å². The summed E-state index contributed by atoms with van der Waals surface area (Å²) in [6.07, 6.45) is 3.60. The van der Waals surface area contributed by atoms with Gasteiger partial charge in [-0.25, -0.2) is 9.59 Å². The van der Waals surface area contributed by atoms with Gasteiger partial charge < -0.3 is 26.2 Å². The number of anilines is 3. The van der Waals surface area contributed by atoms with Crippen molar-refractivity contribution in [2.75, 3.05) is 35.6 Å². The van der Waals surface area contributed by atoms with Crippen LogP contribution in [0, 0.1) is 5.92 Å². The van der Waals surface area contributed by atoms with E-state index in [1.807, 2.05) is 18.2 Å². The van der Waals surface area contributed by atoms with Crippen LogP contribution in [0.3, 0.4) is 0 Å². The van der Waals surface area contributed by atoms with Crippen molar-refractivity contribution >= 4 is 35.0 Å². The average Bonchev–Trinajstić information content (AvgIpc) is 2.81. The van der Waals surface area contributed by atoms with Gasteiger partial charge in [0.15, 0.2) is 0 Å². The number of para-hydroxylation sites is 1. The average molecular weight is 438 g/mol. The molecule has 1 aliphatic heterocycles. The monoisotopic (exact) mass is 437 g/mol. The molecule has 1 aliphatic rings. The maximum atomic E-state index is 12.7. The summed E-state index contributed by atoms with van der Waals surface area (Å²) in [7, 11) is 0. The van der Waals surface area contributed by atoms with Gasteiger partial charge in [0, 0.05) is 36.7 Å². The molecule has 0 saturated carbocycles. The molecule has 32 heavy (non-hydrogen) atoms. The van der Waals surface area contributed by atoms with Gasteiger partial charge in [-0.15, -0.1) is 0 Å². The van der Waals surface area contributed by atoms with Crippen LogP contribution in [-0.2, 0) is 4.79 Å². The number of nitrogens with one attached hydrogen (secondary N) is 4. The van der Waals surface area contributed by atoms with Crippen molar-refractivity contribution in [3.63, 3.8) is 0 Å². The molecule has 0 aromatic heterocycles. The summed E-state index contributed by atoms with van der Waals surface area (Å²) >= 11 is 0. The zero-order valence-corrected chi connectivity index (χ0v) is 18.4. The molecule has 0 bridgehead atoms. The van der Waals surface area contributed by atoms with E-state index in [4.69, 9.17) is 0 Å². The van der Waals surface area contributed by atoms with Crippen LogP contribution in [0.1, 0.15) is 32.6 Å². The number of amides is 5. The first-order valence-corrected chi connectivity index (χ1v) is 11.1. The van der Waals surface area contributed by atoms with Crippen LogP contribution in [0.2, 0.25) is 0 Å². The lowest BCUT2D eigenvalue weighted by Crippen LogP contribution is -2.47. The Hall–Kier alpha value is -3.55. The van der Waals surface area contributed by atoms with Crippen LogP contribution in [0.15, 0.2) is 54.6 Å².